The number of ether oxygens (including phenoxy) is 2. The predicted octanol–water partition coefficient (Wildman–Crippen LogP) is 1.96. The minimum Gasteiger partial charge on any atom is -0.466 e. The Kier molecular flexibility index (Phi) is 7.38. The summed E-state index contributed by atoms with van der Waals surface area (Å²) in [4.78, 5) is 37.0. The van der Waals surface area contributed by atoms with Gasteiger partial charge in [-0.15, -0.1) is 0 Å². The highest BCUT2D eigenvalue weighted by Gasteiger charge is 2.41. The lowest BCUT2D eigenvalue weighted by molar-refractivity contribution is -0.135. The van der Waals surface area contributed by atoms with Gasteiger partial charge < -0.3 is 14.8 Å². The first-order valence-electron chi connectivity index (χ1n) is 8.27. The summed E-state index contributed by atoms with van der Waals surface area (Å²) in [6.45, 7) is 6.75. The van der Waals surface area contributed by atoms with Crippen molar-refractivity contribution in [2.45, 2.75) is 64.4 Å². The number of halogens is 1. The molecule has 0 aromatic carbocycles. The highest BCUT2D eigenvalue weighted by molar-refractivity contribution is 5.87. The average molecular weight is 358 g/mol. The molecule has 25 heavy (non-hydrogen) atoms. The third kappa shape index (κ3) is 6.72. The number of carbonyl (C=O) groups excluding carboxylic acids is 3. The van der Waals surface area contributed by atoms with E-state index in [1.807, 2.05) is 6.92 Å². The van der Waals surface area contributed by atoms with E-state index in [9.17, 15) is 18.8 Å². The first-order valence-corrected chi connectivity index (χ1v) is 8.27. The molecule has 1 aliphatic rings. The largest absolute Gasteiger partial charge is 0.466 e. The Balaban J connectivity index is 2.78. The van der Waals surface area contributed by atoms with Crippen molar-refractivity contribution in [1.29, 1.82) is 0 Å². The minimum absolute atomic E-state index is 0.0811. The number of rotatable bonds is 5. The van der Waals surface area contributed by atoms with Crippen LogP contribution in [0.1, 0.15) is 40.5 Å². The van der Waals surface area contributed by atoms with Gasteiger partial charge in [-0.1, -0.05) is 13.0 Å². The number of hydrogen-bond donors (Lipinski definition) is 1. The molecule has 0 aromatic rings. The van der Waals surface area contributed by atoms with Crippen LogP contribution in [0.3, 0.4) is 0 Å². The molecule has 0 aromatic heterocycles. The number of nitrogens with one attached hydrogen (secondary N) is 1. The van der Waals surface area contributed by atoms with Gasteiger partial charge in [-0.3, -0.25) is 9.69 Å². The standard InChI is InChI=1S/C17H27FN2O5/c1-6-12(7-8-14(21)24-5)19-15(22)13-9-11(18)10-20(13)16(23)25-17(2,3)4/h7-8,11-13H,6,9-10H2,1-5H3,(H,19,22)/t11-,12-,13-/m0/s1. The molecule has 0 unspecified atom stereocenters. The van der Waals surface area contributed by atoms with Gasteiger partial charge in [0, 0.05) is 18.5 Å². The van der Waals surface area contributed by atoms with Crippen LogP contribution in [0.5, 0.6) is 0 Å². The van der Waals surface area contributed by atoms with E-state index in [0.29, 0.717) is 6.42 Å². The quantitative estimate of drug-likeness (QED) is 0.600. The van der Waals surface area contributed by atoms with E-state index in [-0.39, 0.29) is 13.0 Å². The summed E-state index contributed by atoms with van der Waals surface area (Å²) < 4.78 is 23.5. The van der Waals surface area contributed by atoms with Gasteiger partial charge in [0.25, 0.3) is 0 Å². The molecule has 1 aliphatic heterocycles. The van der Waals surface area contributed by atoms with Crippen molar-refractivity contribution in [2.24, 2.45) is 0 Å². The number of nitrogens with zero attached hydrogens (tertiary/aromatic N) is 1. The van der Waals surface area contributed by atoms with Gasteiger partial charge in [-0.2, -0.15) is 0 Å². The van der Waals surface area contributed by atoms with Crippen LogP contribution in [0.15, 0.2) is 12.2 Å². The van der Waals surface area contributed by atoms with Gasteiger partial charge in [0.1, 0.15) is 17.8 Å². The summed E-state index contributed by atoms with van der Waals surface area (Å²) in [5.74, 6) is -1.01. The smallest absolute Gasteiger partial charge is 0.411 e. The monoisotopic (exact) mass is 358 g/mol. The molecule has 0 radical (unpaired) electrons. The van der Waals surface area contributed by atoms with E-state index in [0.717, 1.165) is 4.90 Å². The van der Waals surface area contributed by atoms with Gasteiger partial charge in [-0.25, -0.2) is 14.0 Å². The van der Waals surface area contributed by atoms with Crippen LogP contribution in [0, 0.1) is 0 Å². The second-order valence-corrected chi connectivity index (χ2v) is 6.89. The maximum atomic E-state index is 13.8. The van der Waals surface area contributed by atoms with Crippen LogP contribution in [-0.2, 0) is 19.1 Å². The molecular formula is C17H27FN2O5. The number of likely N-dealkylation sites (tertiary alicyclic amines) is 1. The number of carbonyl (C=O) groups is 3. The second kappa shape index (κ2) is 8.82. The molecule has 0 aliphatic carbocycles. The molecule has 8 heteroatoms. The number of methoxy groups -OCH3 is 1. The summed E-state index contributed by atoms with van der Waals surface area (Å²) in [6.07, 6.45) is 1.16. The van der Waals surface area contributed by atoms with Gasteiger partial charge in [-0.05, 0) is 27.2 Å². The van der Waals surface area contributed by atoms with Crippen LogP contribution in [0.4, 0.5) is 9.18 Å². The Hall–Kier alpha value is -2.12. The Bertz CT molecular complexity index is 530. The van der Waals surface area contributed by atoms with Crippen LogP contribution >= 0.6 is 0 Å². The number of amides is 2. The second-order valence-electron chi connectivity index (χ2n) is 6.89. The molecule has 1 rings (SSSR count). The molecule has 0 spiro atoms. The van der Waals surface area contributed by atoms with E-state index in [2.05, 4.69) is 10.1 Å². The molecule has 142 valence electrons. The Morgan fingerprint density at radius 1 is 1.36 bits per heavy atom. The molecule has 1 saturated heterocycles. The molecule has 1 heterocycles. The van der Waals surface area contributed by atoms with Crippen molar-refractivity contribution in [3.63, 3.8) is 0 Å². The highest BCUT2D eigenvalue weighted by atomic mass is 19.1. The number of hydrogen-bond acceptors (Lipinski definition) is 5. The predicted molar refractivity (Wildman–Crippen MR) is 89.6 cm³/mol. The third-order valence-electron chi connectivity index (χ3n) is 3.61. The van der Waals surface area contributed by atoms with Crippen molar-refractivity contribution >= 4 is 18.0 Å². The molecule has 0 bridgehead atoms. The Morgan fingerprint density at radius 3 is 2.52 bits per heavy atom. The lowest BCUT2D eigenvalue weighted by atomic mass is 10.1. The average Bonchev–Trinajstić information content (AvgIpc) is 2.91. The summed E-state index contributed by atoms with van der Waals surface area (Å²) in [6, 6.07) is -1.36. The first-order chi connectivity index (χ1) is 11.6. The van der Waals surface area contributed by atoms with Gasteiger partial charge in [0.15, 0.2) is 0 Å². The SMILES string of the molecule is CC[C@@H](C=CC(=O)OC)NC(=O)[C@@H]1C[C@H](F)CN1C(=O)OC(C)(C)C. The molecule has 1 N–H and O–H groups in total. The zero-order valence-electron chi connectivity index (χ0n) is 15.4. The van der Waals surface area contributed by atoms with E-state index in [1.165, 1.54) is 19.3 Å². The fraction of sp³-hybridized carbons (Fsp3) is 0.706. The van der Waals surface area contributed by atoms with Gasteiger partial charge >= 0.3 is 12.1 Å². The number of alkyl halides is 1. The fourth-order valence-corrected chi connectivity index (χ4v) is 2.38. The van der Waals surface area contributed by atoms with Crippen molar-refractivity contribution < 1.29 is 28.2 Å². The van der Waals surface area contributed by atoms with Crippen LogP contribution in [0.2, 0.25) is 0 Å². The lowest BCUT2D eigenvalue weighted by Crippen LogP contribution is -2.49. The zero-order valence-corrected chi connectivity index (χ0v) is 15.4. The van der Waals surface area contributed by atoms with E-state index < -0.39 is 41.8 Å². The maximum Gasteiger partial charge on any atom is 0.411 e. The highest BCUT2D eigenvalue weighted by Crippen LogP contribution is 2.23. The summed E-state index contributed by atoms with van der Waals surface area (Å²) in [5, 5.41) is 2.71. The van der Waals surface area contributed by atoms with Crippen LogP contribution in [0.25, 0.3) is 0 Å². The van der Waals surface area contributed by atoms with Gasteiger partial charge in [0.05, 0.1) is 13.7 Å². The van der Waals surface area contributed by atoms with Crippen LogP contribution in [-0.4, -0.2) is 60.4 Å². The Labute approximate surface area is 147 Å². The molecular weight excluding hydrogens is 331 g/mol. The van der Waals surface area contributed by atoms with E-state index in [4.69, 9.17) is 4.74 Å². The van der Waals surface area contributed by atoms with Crippen molar-refractivity contribution in [1.82, 2.24) is 10.2 Å². The lowest BCUT2D eigenvalue weighted by Gasteiger charge is -2.28. The maximum absolute atomic E-state index is 13.8. The minimum atomic E-state index is -1.28. The van der Waals surface area contributed by atoms with Gasteiger partial charge in [0.2, 0.25) is 5.91 Å². The van der Waals surface area contributed by atoms with Crippen LogP contribution < -0.4 is 5.32 Å². The number of esters is 1. The molecule has 1 fully saturated rings. The van der Waals surface area contributed by atoms with Crippen molar-refractivity contribution in [2.75, 3.05) is 13.7 Å². The summed E-state index contributed by atoms with van der Waals surface area (Å²) in [5.41, 5.74) is -0.734. The first kappa shape index (κ1) is 20.9. The Morgan fingerprint density at radius 2 is 2.00 bits per heavy atom. The van der Waals surface area contributed by atoms with Crippen molar-refractivity contribution in [3.05, 3.63) is 12.2 Å². The topological polar surface area (TPSA) is 84.9 Å². The zero-order chi connectivity index (χ0) is 19.2. The molecule has 3 atom stereocenters. The van der Waals surface area contributed by atoms with Crippen molar-refractivity contribution in [3.8, 4) is 0 Å². The third-order valence-corrected chi connectivity index (χ3v) is 3.61. The normalized spacial score (nSPS) is 21.9. The van der Waals surface area contributed by atoms with E-state index in [1.54, 1.807) is 20.8 Å². The fourth-order valence-electron chi connectivity index (χ4n) is 2.38. The van der Waals surface area contributed by atoms with E-state index >= 15 is 0 Å². The molecule has 0 saturated carbocycles. The summed E-state index contributed by atoms with van der Waals surface area (Å²) >= 11 is 0. The molecule has 2 amide bonds. The molecule has 7 nitrogen and oxygen atoms in total. The summed E-state index contributed by atoms with van der Waals surface area (Å²) in [7, 11) is 1.25.